The number of nitrogens with one attached hydrogen (secondary N) is 1. The van der Waals surface area contributed by atoms with Gasteiger partial charge in [-0.1, -0.05) is 0 Å². The van der Waals surface area contributed by atoms with Crippen LogP contribution in [0.2, 0.25) is 0 Å². The van der Waals surface area contributed by atoms with E-state index in [1.165, 1.54) is 0 Å². The predicted molar refractivity (Wildman–Crippen MR) is 96.9 cm³/mol. The lowest BCUT2D eigenvalue weighted by Crippen LogP contribution is -2.36. The molecule has 0 aliphatic carbocycles. The maximum atomic E-state index is 12.4. The molecule has 1 atom stereocenters. The van der Waals surface area contributed by atoms with Crippen LogP contribution in [-0.2, 0) is 9.53 Å². The minimum absolute atomic E-state index is 0.172. The van der Waals surface area contributed by atoms with Crippen molar-refractivity contribution in [3.05, 3.63) is 17.9 Å². The molecule has 0 unspecified atom stereocenters. The van der Waals surface area contributed by atoms with Crippen LogP contribution in [0.5, 0.6) is 0 Å². The van der Waals surface area contributed by atoms with Gasteiger partial charge in [-0.3, -0.25) is 4.79 Å². The Morgan fingerprint density at radius 1 is 1.38 bits per heavy atom. The molecule has 1 aliphatic heterocycles. The molecule has 2 aromatic heterocycles. The Bertz CT molecular complexity index is 808. The lowest BCUT2D eigenvalue weighted by Gasteiger charge is -2.24. The number of hydrogen-bond donors (Lipinski definition) is 1. The fraction of sp³-hybridized carbons (Fsp3) is 0.529. The van der Waals surface area contributed by atoms with Crippen LogP contribution >= 0.6 is 11.5 Å². The number of amides is 2. The number of hydrogen-bond acceptors (Lipinski definition) is 7. The minimum Gasteiger partial charge on any atom is -0.458 e. The Hall–Kier alpha value is -2.42. The van der Waals surface area contributed by atoms with Crippen LogP contribution in [0.1, 0.15) is 33.0 Å². The van der Waals surface area contributed by atoms with E-state index < -0.39 is 5.60 Å². The molecular formula is C17H22N4O4S. The highest BCUT2D eigenvalue weighted by molar-refractivity contribution is 7.10. The number of carbonyl (C=O) groups is 2. The SMILES string of the molecule is Cc1ccc(-c2nsc(NC(=O)[C@@H]3CCN(C(=O)OC(C)(C)C)C3)n2)o1. The Balaban J connectivity index is 1.56. The maximum absolute atomic E-state index is 12.4. The zero-order valence-electron chi connectivity index (χ0n) is 15.2. The van der Waals surface area contributed by atoms with Crippen molar-refractivity contribution >= 4 is 28.7 Å². The average molecular weight is 378 g/mol. The summed E-state index contributed by atoms with van der Waals surface area (Å²) < 4.78 is 15.0. The molecule has 1 N–H and O–H groups in total. The molecule has 9 heteroatoms. The number of nitrogens with zero attached hydrogens (tertiary/aromatic N) is 3. The van der Waals surface area contributed by atoms with E-state index in [-0.39, 0.29) is 17.9 Å². The number of aryl methyl sites for hydroxylation is 1. The molecule has 0 aromatic carbocycles. The molecule has 3 heterocycles. The van der Waals surface area contributed by atoms with Crippen molar-refractivity contribution in [2.24, 2.45) is 5.92 Å². The fourth-order valence-electron chi connectivity index (χ4n) is 2.60. The summed E-state index contributed by atoms with van der Waals surface area (Å²) in [6, 6.07) is 3.62. The largest absolute Gasteiger partial charge is 0.458 e. The first-order valence-electron chi connectivity index (χ1n) is 8.40. The number of likely N-dealkylation sites (tertiary alicyclic amines) is 1. The molecule has 8 nitrogen and oxygen atoms in total. The van der Waals surface area contributed by atoms with E-state index in [0.29, 0.717) is 36.2 Å². The first-order valence-corrected chi connectivity index (χ1v) is 9.18. The van der Waals surface area contributed by atoms with Crippen molar-refractivity contribution in [3.63, 3.8) is 0 Å². The van der Waals surface area contributed by atoms with Crippen molar-refractivity contribution in [1.29, 1.82) is 0 Å². The number of ether oxygens (including phenoxy) is 1. The molecule has 0 spiro atoms. The topological polar surface area (TPSA) is 97.6 Å². The number of anilines is 1. The standard InChI is InChI=1S/C17H22N4O4S/c1-10-5-6-12(24-10)13-18-15(26-20-13)19-14(22)11-7-8-21(9-11)16(23)25-17(2,3)4/h5-6,11H,7-9H2,1-4H3,(H,18,19,20,22)/t11-/m1/s1. The Labute approximate surface area is 155 Å². The van der Waals surface area contributed by atoms with E-state index in [2.05, 4.69) is 14.7 Å². The second-order valence-electron chi connectivity index (χ2n) is 7.23. The quantitative estimate of drug-likeness (QED) is 0.880. The van der Waals surface area contributed by atoms with Gasteiger partial charge in [0.05, 0.1) is 5.92 Å². The zero-order valence-corrected chi connectivity index (χ0v) is 16.1. The van der Waals surface area contributed by atoms with Crippen LogP contribution in [-0.4, -0.2) is 44.9 Å². The number of furan rings is 1. The fourth-order valence-corrected chi connectivity index (χ4v) is 3.18. The van der Waals surface area contributed by atoms with Crippen LogP contribution in [0, 0.1) is 12.8 Å². The third-order valence-corrected chi connectivity index (χ3v) is 4.46. The van der Waals surface area contributed by atoms with Gasteiger partial charge in [0, 0.05) is 24.6 Å². The lowest BCUT2D eigenvalue weighted by molar-refractivity contribution is -0.119. The van der Waals surface area contributed by atoms with Crippen molar-refractivity contribution in [2.75, 3.05) is 18.4 Å². The van der Waals surface area contributed by atoms with Gasteiger partial charge in [-0.15, -0.1) is 0 Å². The van der Waals surface area contributed by atoms with Crippen molar-refractivity contribution in [2.45, 2.75) is 39.7 Å². The van der Waals surface area contributed by atoms with E-state index in [1.807, 2.05) is 33.8 Å². The molecule has 3 rings (SSSR count). The molecule has 2 amide bonds. The Kier molecular flexibility index (Phi) is 4.99. The first kappa shape index (κ1) is 18.4. The molecule has 0 radical (unpaired) electrons. The van der Waals surface area contributed by atoms with Gasteiger partial charge in [-0.25, -0.2) is 4.79 Å². The second-order valence-corrected chi connectivity index (χ2v) is 7.99. The summed E-state index contributed by atoms with van der Waals surface area (Å²) in [7, 11) is 0. The first-order chi connectivity index (χ1) is 12.2. The van der Waals surface area contributed by atoms with Gasteiger partial charge in [0.15, 0.2) is 5.76 Å². The number of carbonyl (C=O) groups excluding carboxylic acids is 2. The normalized spacial score (nSPS) is 17.4. The van der Waals surface area contributed by atoms with Gasteiger partial charge in [-0.2, -0.15) is 9.36 Å². The van der Waals surface area contributed by atoms with Crippen LogP contribution in [0.4, 0.5) is 9.93 Å². The van der Waals surface area contributed by atoms with Crippen LogP contribution < -0.4 is 5.32 Å². The average Bonchev–Trinajstić information content (AvgIpc) is 3.24. The van der Waals surface area contributed by atoms with E-state index >= 15 is 0 Å². The number of aromatic nitrogens is 2. The van der Waals surface area contributed by atoms with E-state index in [0.717, 1.165) is 17.3 Å². The summed E-state index contributed by atoms with van der Waals surface area (Å²) in [5.74, 6) is 1.32. The molecule has 1 fully saturated rings. The predicted octanol–water partition coefficient (Wildman–Crippen LogP) is 3.30. The summed E-state index contributed by atoms with van der Waals surface area (Å²) in [4.78, 5) is 30.4. The molecule has 2 aromatic rings. The van der Waals surface area contributed by atoms with Crippen molar-refractivity contribution < 1.29 is 18.7 Å². The Morgan fingerprint density at radius 2 is 2.15 bits per heavy atom. The van der Waals surface area contributed by atoms with Crippen LogP contribution in [0.15, 0.2) is 16.5 Å². The van der Waals surface area contributed by atoms with Gasteiger partial charge >= 0.3 is 6.09 Å². The molecule has 1 saturated heterocycles. The summed E-state index contributed by atoms with van der Waals surface area (Å²) in [5.41, 5.74) is -0.551. The summed E-state index contributed by atoms with van der Waals surface area (Å²) in [6.45, 7) is 8.13. The highest BCUT2D eigenvalue weighted by atomic mass is 32.1. The van der Waals surface area contributed by atoms with Gasteiger partial charge in [-0.05, 0) is 46.2 Å². The summed E-state index contributed by atoms with van der Waals surface area (Å²) in [6.07, 6.45) is 0.202. The van der Waals surface area contributed by atoms with Gasteiger partial charge in [0.25, 0.3) is 0 Å². The summed E-state index contributed by atoms with van der Waals surface area (Å²) >= 11 is 1.10. The Morgan fingerprint density at radius 3 is 2.81 bits per heavy atom. The monoisotopic (exact) mass is 378 g/mol. The molecular weight excluding hydrogens is 356 g/mol. The van der Waals surface area contributed by atoms with Crippen LogP contribution in [0.25, 0.3) is 11.6 Å². The highest BCUT2D eigenvalue weighted by Gasteiger charge is 2.33. The molecule has 26 heavy (non-hydrogen) atoms. The minimum atomic E-state index is -0.551. The smallest absolute Gasteiger partial charge is 0.410 e. The van der Waals surface area contributed by atoms with Crippen molar-refractivity contribution in [1.82, 2.24) is 14.3 Å². The van der Waals surface area contributed by atoms with E-state index in [1.54, 1.807) is 11.0 Å². The van der Waals surface area contributed by atoms with Crippen LogP contribution in [0.3, 0.4) is 0 Å². The molecule has 1 aliphatic rings. The highest BCUT2D eigenvalue weighted by Crippen LogP contribution is 2.25. The molecule has 0 bridgehead atoms. The van der Waals surface area contributed by atoms with E-state index in [4.69, 9.17) is 9.15 Å². The maximum Gasteiger partial charge on any atom is 0.410 e. The zero-order chi connectivity index (χ0) is 18.9. The summed E-state index contributed by atoms with van der Waals surface area (Å²) in [5, 5.41) is 3.19. The van der Waals surface area contributed by atoms with E-state index in [9.17, 15) is 9.59 Å². The molecule has 0 saturated carbocycles. The van der Waals surface area contributed by atoms with Gasteiger partial charge in [0.1, 0.15) is 11.4 Å². The van der Waals surface area contributed by atoms with Crippen molar-refractivity contribution in [3.8, 4) is 11.6 Å². The van der Waals surface area contributed by atoms with Gasteiger partial charge < -0.3 is 19.4 Å². The number of rotatable bonds is 3. The third-order valence-electron chi connectivity index (χ3n) is 3.83. The lowest BCUT2D eigenvalue weighted by atomic mass is 10.1. The van der Waals surface area contributed by atoms with Gasteiger partial charge in [0.2, 0.25) is 16.9 Å². The molecule has 140 valence electrons. The second kappa shape index (κ2) is 7.06. The third kappa shape index (κ3) is 4.40.